The number of thiazole rings is 1. The molecule has 5 amide bonds. The van der Waals surface area contributed by atoms with Gasteiger partial charge in [-0.1, -0.05) is 39.0 Å². The number of fused-ring (bicyclic) bond motifs is 1. The minimum absolute atomic E-state index is 0.130. The third-order valence-electron chi connectivity index (χ3n) is 8.80. The maximum absolute atomic E-state index is 13.4. The van der Waals surface area contributed by atoms with Gasteiger partial charge in [-0.3, -0.25) is 18.8 Å². The van der Waals surface area contributed by atoms with Crippen molar-refractivity contribution in [2.75, 3.05) is 32.6 Å². The summed E-state index contributed by atoms with van der Waals surface area (Å²) in [7, 11) is 2.50. The molecule has 0 aromatic carbocycles. The van der Waals surface area contributed by atoms with Crippen molar-refractivity contribution in [1.29, 1.82) is 0 Å². The molecule has 5 heterocycles. The summed E-state index contributed by atoms with van der Waals surface area (Å²) in [5, 5.41) is 8.07. The molecule has 2 aliphatic heterocycles. The fraction of sp³-hybridized carbons (Fsp3) is 0.545. The van der Waals surface area contributed by atoms with Crippen LogP contribution in [0.2, 0.25) is 0 Å². The highest BCUT2D eigenvalue weighted by molar-refractivity contribution is 7.17. The van der Waals surface area contributed by atoms with Crippen LogP contribution in [0.5, 0.6) is 0 Å². The van der Waals surface area contributed by atoms with Gasteiger partial charge in [0.25, 0.3) is 0 Å². The summed E-state index contributed by atoms with van der Waals surface area (Å²) < 4.78 is 11.2. The number of anilines is 1. The Hall–Kier alpha value is -5.11. The van der Waals surface area contributed by atoms with E-state index < -0.39 is 30.3 Å². The third-order valence-corrected chi connectivity index (χ3v) is 9.71. The van der Waals surface area contributed by atoms with Crippen molar-refractivity contribution in [3.05, 3.63) is 35.0 Å². The van der Waals surface area contributed by atoms with E-state index in [-0.39, 0.29) is 35.6 Å². The van der Waals surface area contributed by atoms with Crippen LogP contribution < -0.4 is 16.0 Å². The number of aromatic nitrogens is 4. The molecule has 4 N–H and O–H groups in total. The number of H-pyrrole nitrogens is 1. The number of aromatic amines is 1. The number of carbonyl (C=O) groups excluding carboxylic acids is 5. The molecule has 0 saturated carbocycles. The van der Waals surface area contributed by atoms with Gasteiger partial charge in [-0.15, -0.1) is 0 Å². The average Bonchev–Trinajstić information content (AvgIpc) is 3.92. The molecule has 4 atom stereocenters. The number of rotatable bonds is 9. The first-order valence-electron chi connectivity index (χ1n) is 16.6. The lowest BCUT2D eigenvalue weighted by Crippen LogP contribution is -2.54. The molecule has 2 saturated heterocycles. The second kappa shape index (κ2) is 15.6. The zero-order chi connectivity index (χ0) is 36.1. The Morgan fingerprint density at radius 3 is 2.14 bits per heavy atom. The second-order valence-electron chi connectivity index (χ2n) is 12.9. The first-order valence-corrected chi connectivity index (χ1v) is 17.4. The van der Waals surface area contributed by atoms with Crippen molar-refractivity contribution in [2.24, 2.45) is 11.8 Å². The summed E-state index contributed by atoms with van der Waals surface area (Å²) in [6.07, 6.45) is 6.47. The highest BCUT2D eigenvalue weighted by atomic mass is 32.1. The number of nitrogens with one attached hydrogen (secondary N) is 4. The number of ether oxygens (including phenoxy) is 2. The van der Waals surface area contributed by atoms with E-state index in [1.165, 1.54) is 30.5 Å². The molecular formula is C33H43N9O7S. The molecular weight excluding hydrogens is 666 g/mol. The van der Waals surface area contributed by atoms with Crippen LogP contribution in [0, 0.1) is 23.7 Å². The van der Waals surface area contributed by atoms with E-state index in [9.17, 15) is 24.0 Å². The van der Waals surface area contributed by atoms with Crippen LogP contribution >= 0.6 is 11.3 Å². The SMILES string of the molecule is COC(=O)NC(C(=O)N1CCCC1C(=O)Nc1cn2cc(C#Cc3cnc(C4CCCN4C(=O)C(NC(=O)OC)C(C)C)[nH]3)sc2n1)C(C)C. The predicted octanol–water partition coefficient (Wildman–Crippen LogP) is 2.87. The van der Waals surface area contributed by atoms with E-state index in [0.717, 1.165) is 17.7 Å². The highest BCUT2D eigenvalue weighted by Gasteiger charge is 2.39. The normalized spacial score (nSPS) is 18.5. The molecule has 0 aliphatic carbocycles. The Morgan fingerprint density at radius 1 is 0.900 bits per heavy atom. The molecule has 3 aromatic rings. The van der Waals surface area contributed by atoms with Gasteiger partial charge in [0, 0.05) is 19.3 Å². The van der Waals surface area contributed by atoms with Gasteiger partial charge in [0.05, 0.1) is 37.5 Å². The van der Waals surface area contributed by atoms with Crippen LogP contribution in [0.25, 0.3) is 4.96 Å². The largest absolute Gasteiger partial charge is 0.453 e. The summed E-state index contributed by atoms with van der Waals surface area (Å²) in [6.45, 7) is 8.34. The minimum atomic E-state index is -0.817. The number of methoxy groups -OCH3 is 2. The summed E-state index contributed by atoms with van der Waals surface area (Å²) in [5.74, 6) is 5.99. The van der Waals surface area contributed by atoms with Crippen LogP contribution in [-0.4, -0.2) is 104 Å². The van der Waals surface area contributed by atoms with Crippen molar-refractivity contribution < 1.29 is 33.4 Å². The van der Waals surface area contributed by atoms with Gasteiger partial charge in [-0.05, 0) is 49.4 Å². The Bertz CT molecular complexity index is 1770. The first-order chi connectivity index (χ1) is 23.9. The molecule has 3 aromatic heterocycles. The van der Waals surface area contributed by atoms with Crippen LogP contribution in [0.1, 0.15) is 75.8 Å². The quantitative estimate of drug-likeness (QED) is 0.242. The van der Waals surface area contributed by atoms with Gasteiger partial charge in [0.15, 0.2) is 10.8 Å². The topological polar surface area (TPSA) is 192 Å². The van der Waals surface area contributed by atoms with Gasteiger partial charge in [-0.25, -0.2) is 19.6 Å². The molecule has 17 heteroatoms. The molecule has 0 radical (unpaired) electrons. The molecule has 5 rings (SSSR count). The number of imidazole rings is 2. The summed E-state index contributed by atoms with van der Waals surface area (Å²) >= 11 is 1.34. The zero-order valence-electron chi connectivity index (χ0n) is 28.9. The summed E-state index contributed by atoms with van der Waals surface area (Å²) in [4.78, 5) is 80.5. The maximum Gasteiger partial charge on any atom is 0.407 e. The van der Waals surface area contributed by atoms with Gasteiger partial charge >= 0.3 is 12.2 Å². The number of nitrogens with zero attached hydrogens (tertiary/aromatic N) is 5. The summed E-state index contributed by atoms with van der Waals surface area (Å²) in [5.41, 5.74) is 0.587. The van der Waals surface area contributed by atoms with Crippen LogP contribution in [0.4, 0.5) is 15.4 Å². The number of hydrogen-bond acceptors (Lipinski definition) is 10. The monoisotopic (exact) mass is 709 g/mol. The van der Waals surface area contributed by atoms with Crippen LogP contribution in [-0.2, 0) is 23.9 Å². The van der Waals surface area contributed by atoms with Gasteiger partial charge in [-0.2, -0.15) is 0 Å². The fourth-order valence-electron chi connectivity index (χ4n) is 6.20. The lowest BCUT2D eigenvalue weighted by molar-refractivity contribution is -0.139. The molecule has 50 heavy (non-hydrogen) atoms. The van der Waals surface area contributed by atoms with Gasteiger partial charge < -0.3 is 40.2 Å². The van der Waals surface area contributed by atoms with E-state index in [0.29, 0.717) is 48.2 Å². The van der Waals surface area contributed by atoms with Crippen molar-refractivity contribution in [2.45, 2.75) is 77.5 Å². The Labute approximate surface area is 293 Å². The number of hydrogen-bond donors (Lipinski definition) is 4. The average molecular weight is 710 g/mol. The van der Waals surface area contributed by atoms with E-state index in [1.807, 2.05) is 33.9 Å². The van der Waals surface area contributed by atoms with Crippen molar-refractivity contribution >= 4 is 52.0 Å². The van der Waals surface area contributed by atoms with E-state index in [4.69, 9.17) is 4.74 Å². The first kappa shape index (κ1) is 36.2. The van der Waals surface area contributed by atoms with E-state index in [2.05, 4.69) is 47.5 Å². The van der Waals surface area contributed by atoms with E-state index >= 15 is 0 Å². The van der Waals surface area contributed by atoms with Crippen LogP contribution in [0.15, 0.2) is 18.6 Å². The van der Waals surface area contributed by atoms with Crippen molar-refractivity contribution in [3.63, 3.8) is 0 Å². The van der Waals surface area contributed by atoms with Crippen molar-refractivity contribution in [3.8, 4) is 11.8 Å². The predicted molar refractivity (Wildman–Crippen MR) is 183 cm³/mol. The number of amides is 5. The molecule has 268 valence electrons. The third kappa shape index (κ3) is 8.02. The second-order valence-corrected chi connectivity index (χ2v) is 13.9. The fourth-order valence-corrected chi connectivity index (χ4v) is 7.02. The molecule has 16 nitrogen and oxygen atoms in total. The highest BCUT2D eigenvalue weighted by Crippen LogP contribution is 2.31. The number of alkyl carbamates (subject to hydrolysis) is 2. The smallest absolute Gasteiger partial charge is 0.407 e. The molecule has 2 aliphatic rings. The Balaban J connectivity index is 1.22. The number of likely N-dealkylation sites (tertiary alicyclic amines) is 2. The van der Waals surface area contributed by atoms with Crippen molar-refractivity contribution in [1.82, 2.24) is 39.8 Å². The lowest BCUT2D eigenvalue weighted by atomic mass is 10.0. The molecule has 0 spiro atoms. The molecule has 4 unspecified atom stereocenters. The molecule has 2 fully saturated rings. The zero-order valence-corrected chi connectivity index (χ0v) is 29.8. The van der Waals surface area contributed by atoms with Crippen LogP contribution in [0.3, 0.4) is 0 Å². The van der Waals surface area contributed by atoms with Gasteiger partial charge in [0.1, 0.15) is 29.6 Å². The number of carbonyl (C=O) groups is 5. The van der Waals surface area contributed by atoms with E-state index in [1.54, 1.807) is 21.7 Å². The molecule has 0 bridgehead atoms. The minimum Gasteiger partial charge on any atom is -0.453 e. The summed E-state index contributed by atoms with van der Waals surface area (Å²) in [6, 6.07) is -2.49. The standard InChI is InChI=1S/C33H43N9O7S/c1-18(2)25(38-32(46)48-5)29(44)41-13-7-9-22(41)27-34-15-20(35-27)11-12-21-16-40-17-24(37-31(40)50-21)36-28(43)23-10-8-14-42(23)30(45)26(19(3)4)39-33(47)49-6/h15-19,22-23,25-26H,7-10,13-14H2,1-6H3,(H,34,35)(H,36,43)(H,38,46)(H,39,47). The van der Waals surface area contributed by atoms with Gasteiger partial charge in [0.2, 0.25) is 17.7 Å². The maximum atomic E-state index is 13.4. The Morgan fingerprint density at radius 2 is 1.52 bits per heavy atom. The Kier molecular flexibility index (Phi) is 11.3. The lowest BCUT2D eigenvalue weighted by Gasteiger charge is -2.30.